The number of nitrogens with zero attached hydrogens (tertiary/aromatic N) is 2. The minimum atomic E-state index is -0.0177. The fraction of sp³-hybridized carbons (Fsp3) is 0.250. The molecule has 0 aliphatic heterocycles. The minimum Gasteiger partial charge on any atom is -0.390 e. The van der Waals surface area contributed by atoms with Crippen molar-refractivity contribution in [3.8, 4) is 11.5 Å². The molecule has 0 saturated carbocycles. The standard InChI is InChI=1S/C8H9N3OS/c1-5-10-7(4-13-5)8-9-2-6(3-12)11-8/h2,4,12H,3H2,1H3,(H,9,11). The molecule has 0 saturated heterocycles. The van der Waals surface area contributed by atoms with E-state index >= 15 is 0 Å². The number of hydrogen-bond acceptors (Lipinski definition) is 4. The second-order valence-electron chi connectivity index (χ2n) is 2.67. The number of aliphatic hydroxyl groups excluding tert-OH is 1. The highest BCUT2D eigenvalue weighted by Gasteiger charge is 2.05. The van der Waals surface area contributed by atoms with E-state index in [4.69, 9.17) is 5.11 Å². The molecule has 0 atom stereocenters. The van der Waals surface area contributed by atoms with Gasteiger partial charge in [-0.15, -0.1) is 11.3 Å². The lowest BCUT2D eigenvalue weighted by molar-refractivity contribution is 0.277. The summed E-state index contributed by atoms with van der Waals surface area (Å²) in [4.78, 5) is 11.3. The Kier molecular flexibility index (Phi) is 2.12. The van der Waals surface area contributed by atoms with Crippen LogP contribution in [-0.2, 0) is 6.61 Å². The lowest BCUT2D eigenvalue weighted by Crippen LogP contribution is -1.83. The van der Waals surface area contributed by atoms with Crippen molar-refractivity contribution in [1.82, 2.24) is 15.0 Å². The van der Waals surface area contributed by atoms with E-state index in [2.05, 4.69) is 15.0 Å². The second-order valence-corrected chi connectivity index (χ2v) is 3.73. The highest BCUT2D eigenvalue weighted by molar-refractivity contribution is 7.09. The number of imidazole rings is 1. The Balaban J connectivity index is 2.35. The summed E-state index contributed by atoms with van der Waals surface area (Å²) in [6, 6.07) is 0. The average Bonchev–Trinajstić information content (AvgIpc) is 2.71. The van der Waals surface area contributed by atoms with Gasteiger partial charge in [-0.2, -0.15) is 0 Å². The van der Waals surface area contributed by atoms with Gasteiger partial charge < -0.3 is 10.1 Å². The van der Waals surface area contributed by atoms with Gasteiger partial charge in [0.2, 0.25) is 0 Å². The quantitative estimate of drug-likeness (QED) is 0.760. The van der Waals surface area contributed by atoms with Crippen molar-refractivity contribution in [3.05, 3.63) is 22.3 Å². The van der Waals surface area contributed by atoms with Gasteiger partial charge in [0.1, 0.15) is 5.69 Å². The van der Waals surface area contributed by atoms with Crippen LogP contribution in [0.2, 0.25) is 0 Å². The summed E-state index contributed by atoms with van der Waals surface area (Å²) in [7, 11) is 0. The zero-order valence-electron chi connectivity index (χ0n) is 7.11. The molecule has 0 aromatic carbocycles. The number of nitrogens with one attached hydrogen (secondary N) is 1. The SMILES string of the molecule is Cc1nc(-c2ncc(CO)[nH]2)cs1. The van der Waals surface area contributed by atoms with E-state index in [1.165, 1.54) is 0 Å². The largest absolute Gasteiger partial charge is 0.390 e. The lowest BCUT2D eigenvalue weighted by atomic mass is 10.5. The topological polar surface area (TPSA) is 61.8 Å². The van der Waals surface area contributed by atoms with E-state index in [9.17, 15) is 0 Å². The fourth-order valence-corrected chi connectivity index (χ4v) is 1.64. The van der Waals surface area contributed by atoms with Crippen LogP contribution in [0.15, 0.2) is 11.6 Å². The number of H-pyrrole nitrogens is 1. The molecule has 0 unspecified atom stereocenters. The Hall–Kier alpha value is -1.20. The Morgan fingerprint density at radius 3 is 3.00 bits per heavy atom. The van der Waals surface area contributed by atoms with Gasteiger partial charge in [0.15, 0.2) is 5.82 Å². The zero-order valence-corrected chi connectivity index (χ0v) is 7.93. The summed E-state index contributed by atoms with van der Waals surface area (Å²) in [6.07, 6.45) is 1.62. The summed E-state index contributed by atoms with van der Waals surface area (Å²) >= 11 is 1.58. The highest BCUT2D eigenvalue weighted by atomic mass is 32.1. The summed E-state index contributed by atoms with van der Waals surface area (Å²) < 4.78 is 0. The molecule has 2 aromatic rings. The van der Waals surface area contributed by atoms with Gasteiger partial charge in [0, 0.05) is 5.38 Å². The van der Waals surface area contributed by atoms with Crippen molar-refractivity contribution in [3.63, 3.8) is 0 Å². The van der Waals surface area contributed by atoms with Crippen LogP contribution in [-0.4, -0.2) is 20.1 Å². The molecule has 13 heavy (non-hydrogen) atoms. The molecule has 2 N–H and O–H groups in total. The van der Waals surface area contributed by atoms with Crippen molar-refractivity contribution in [2.45, 2.75) is 13.5 Å². The van der Waals surface area contributed by atoms with E-state index in [-0.39, 0.29) is 6.61 Å². The van der Waals surface area contributed by atoms with E-state index in [1.54, 1.807) is 17.5 Å². The Bertz CT molecular complexity index is 407. The first-order valence-corrected chi connectivity index (χ1v) is 4.75. The summed E-state index contributed by atoms with van der Waals surface area (Å²) in [5.41, 5.74) is 1.54. The van der Waals surface area contributed by atoms with E-state index in [0.717, 1.165) is 10.7 Å². The summed E-state index contributed by atoms with van der Waals surface area (Å²) in [5, 5.41) is 11.8. The number of aromatic amines is 1. The third-order valence-corrected chi connectivity index (χ3v) is 2.43. The predicted molar refractivity (Wildman–Crippen MR) is 50.4 cm³/mol. The number of hydrogen-bond donors (Lipinski definition) is 2. The van der Waals surface area contributed by atoms with Crippen molar-refractivity contribution in [2.24, 2.45) is 0 Å². The maximum absolute atomic E-state index is 8.81. The second kappa shape index (κ2) is 3.27. The molecule has 0 bridgehead atoms. The van der Waals surface area contributed by atoms with Crippen molar-refractivity contribution in [1.29, 1.82) is 0 Å². The predicted octanol–water partition coefficient (Wildman–Crippen LogP) is 1.33. The Morgan fingerprint density at radius 1 is 1.62 bits per heavy atom. The maximum Gasteiger partial charge on any atom is 0.157 e. The Morgan fingerprint density at radius 2 is 2.46 bits per heavy atom. The molecular formula is C8H9N3OS. The van der Waals surface area contributed by atoms with E-state index < -0.39 is 0 Å². The van der Waals surface area contributed by atoms with E-state index in [1.807, 2.05) is 12.3 Å². The molecule has 0 aliphatic carbocycles. The molecule has 0 aliphatic rings. The van der Waals surface area contributed by atoms with Gasteiger partial charge >= 0.3 is 0 Å². The maximum atomic E-state index is 8.81. The van der Waals surface area contributed by atoms with Crippen LogP contribution >= 0.6 is 11.3 Å². The first kappa shape index (κ1) is 8.40. The van der Waals surface area contributed by atoms with Crippen LogP contribution in [0.4, 0.5) is 0 Å². The van der Waals surface area contributed by atoms with Crippen LogP contribution in [0.1, 0.15) is 10.7 Å². The number of aryl methyl sites for hydroxylation is 1. The van der Waals surface area contributed by atoms with Crippen LogP contribution in [0.25, 0.3) is 11.5 Å². The number of thiazole rings is 1. The van der Waals surface area contributed by atoms with Crippen molar-refractivity contribution >= 4 is 11.3 Å². The number of rotatable bonds is 2. The minimum absolute atomic E-state index is 0.0177. The third kappa shape index (κ3) is 1.61. The monoisotopic (exact) mass is 195 g/mol. The van der Waals surface area contributed by atoms with Crippen LogP contribution in [0, 0.1) is 6.92 Å². The molecule has 2 aromatic heterocycles. The normalized spacial score (nSPS) is 10.6. The number of aromatic nitrogens is 3. The molecular weight excluding hydrogens is 186 g/mol. The highest BCUT2D eigenvalue weighted by Crippen LogP contribution is 2.18. The summed E-state index contributed by atoms with van der Waals surface area (Å²) in [5.74, 6) is 0.716. The summed E-state index contributed by atoms with van der Waals surface area (Å²) in [6.45, 7) is 1.93. The molecule has 5 heteroatoms. The van der Waals surface area contributed by atoms with Gasteiger partial charge in [0.05, 0.1) is 23.5 Å². The van der Waals surface area contributed by atoms with Crippen LogP contribution in [0.3, 0.4) is 0 Å². The molecule has 68 valence electrons. The van der Waals surface area contributed by atoms with Crippen LogP contribution in [0.5, 0.6) is 0 Å². The molecule has 0 spiro atoms. The average molecular weight is 195 g/mol. The molecule has 0 radical (unpaired) electrons. The van der Waals surface area contributed by atoms with Crippen molar-refractivity contribution in [2.75, 3.05) is 0 Å². The first-order chi connectivity index (χ1) is 6.29. The fourth-order valence-electron chi connectivity index (χ4n) is 1.04. The van der Waals surface area contributed by atoms with Crippen LogP contribution < -0.4 is 0 Å². The van der Waals surface area contributed by atoms with Gasteiger partial charge in [-0.25, -0.2) is 9.97 Å². The zero-order chi connectivity index (χ0) is 9.26. The molecule has 4 nitrogen and oxygen atoms in total. The van der Waals surface area contributed by atoms with Gasteiger partial charge in [-0.1, -0.05) is 0 Å². The van der Waals surface area contributed by atoms with Gasteiger partial charge in [-0.3, -0.25) is 0 Å². The first-order valence-electron chi connectivity index (χ1n) is 3.87. The molecule has 0 fully saturated rings. The smallest absolute Gasteiger partial charge is 0.157 e. The van der Waals surface area contributed by atoms with E-state index in [0.29, 0.717) is 11.5 Å². The molecule has 2 heterocycles. The lowest BCUT2D eigenvalue weighted by Gasteiger charge is -1.88. The van der Waals surface area contributed by atoms with Crippen molar-refractivity contribution < 1.29 is 5.11 Å². The third-order valence-electron chi connectivity index (χ3n) is 1.66. The van der Waals surface area contributed by atoms with Gasteiger partial charge in [-0.05, 0) is 6.92 Å². The molecule has 0 amide bonds. The number of aliphatic hydroxyl groups is 1. The molecule has 2 rings (SSSR count). The van der Waals surface area contributed by atoms with Gasteiger partial charge in [0.25, 0.3) is 0 Å². The Labute approximate surface area is 79.3 Å².